The van der Waals surface area contributed by atoms with Gasteiger partial charge in [-0.05, 0) is 62.5 Å². The highest BCUT2D eigenvalue weighted by atomic mass is 16.5. The lowest BCUT2D eigenvalue weighted by molar-refractivity contribution is -0.140. The summed E-state index contributed by atoms with van der Waals surface area (Å²) in [5.74, 6) is -1.35. The van der Waals surface area contributed by atoms with E-state index in [1.54, 1.807) is 42.5 Å². The van der Waals surface area contributed by atoms with E-state index in [0.29, 0.717) is 36.2 Å². The van der Waals surface area contributed by atoms with Crippen LogP contribution >= 0.6 is 0 Å². The van der Waals surface area contributed by atoms with Crippen molar-refractivity contribution in [1.82, 2.24) is 9.80 Å². The van der Waals surface area contributed by atoms with E-state index in [2.05, 4.69) is 0 Å². The Bertz CT molecular complexity index is 1170. The maximum Gasteiger partial charge on any atom is 0.337 e. The molecule has 2 aromatic rings. The number of aliphatic hydroxyl groups is 1. The van der Waals surface area contributed by atoms with E-state index in [-0.39, 0.29) is 17.4 Å². The molecule has 0 saturated carbocycles. The number of Topliss-reactive ketones (excluding diaryl/α,β-unsaturated/α-hetero) is 1. The van der Waals surface area contributed by atoms with Crippen molar-refractivity contribution in [3.8, 4) is 5.75 Å². The molecule has 1 fully saturated rings. The van der Waals surface area contributed by atoms with Crippen molar-refractivity contribution in [2.75, 3.05) is 34.3 Å². The zero-order valence-electron chi connectivity index (χ0n) is 19.7. The molecule has 178 valence electrons. The van der Waals surface area contributed by atoms with Gasteiger partial charge in [-0.3, -0.25) is 9.59 Å². The Morgan fingerprint density at radius 1 is 1.15 bits per heavy atom. The van der Waals surface area contributed by atoms with Crippen LogP contribution in [0.25, 0.3) is 5.76 Å². The first-order valence-corrected chi connectivity index (χ1v) is 11.1. The molecule has 1 N–H and O–H groups in total. The van der Waals surface area contributed by atoms with E-state index >= 15 is 0 Å². The molecule has 4 rings (SSSR count). The summed E-state index contributed by atoms with van der Waals surface area (Å²) in [5, 5.41) is 11.3. The quantitative estimate of drug-likeness (QED) is 0.304. The van der Waals surface area contributed by atoms with E-state index in [4.69, 9.17) is 9.47 Å². The number of hydrogen-bond acceptors (Lipinski definition) is 7. The van der Waals surface area contributed by atoms with Crippen LogP contribution in [-0.2, 0) is 20.7 Å². The summed E-state index contributed by atoms with van der Waals surface area (Å²) < 4.78 is 10.5. The van der Waals surface area contributed by atoms with Crippen molar-refractivity contribution in [3.63, 3.8) is 0 Å². The van der Waals surface area contributed by atoms with Crippen molar-refractivity contribution in [3.05, 3.63) is 70.3 Å². The van der Waals surface area contributed by atoms with Gasteiger partial charge in [-0.1, -0.05) is 12.1 Å². The Balaban J connectivity index is 1.80. The molecule has 1 amide bonds. The summed E-state index contributed by atoms with van der Waals surface area (Å²) in [6.07, 6.45) is 0.740. The highest BCUT2D eigenvalue weighted by Gasteiger charge is 2.46. The van der Waals surface area contributed by atoms with Crippen LogP contribution in [0.3, 0.4) is 0 Å². The Morgan fingerprint density at radius 3 is 2.47 bits per heavy atom. The smallest absolute Gasteiger partial charge is 0.337 e. The summed E-state index contributed by atoms with van der Waals surface area (Å²) in [4.78, 5) is 41.4. The summed E-state index contributed by atoms with van der Waals surface area (Å²) >= 11 is 0. The topological polar surface area (TPSA) is 96.4 Å². The number of methoxy groups -OCH3 is 1. The second-order valence-corrected chi connectivity index (χ2v) is 8.86. The minimum absolute atomic E-state index is 0.0292. The van der Waals surface area contributed by atoms with Crippen molar-refractivity contribution < 1.29 is 29.0 Å². The van der Waals surface area contributed by atoms with Crippen LogP contribution in [0.2, 0.25) is 0 Å². The Labute approximate surface area is 198 Å². The summed E-state index contributed by atoms with van der Waals surface area (Å²) in [7, 11) is 5.06. The number of aliphatic hydroxyl groups excluding tert-OH is 1. The number of nitrogens with zero attached hydrogens (tertiary/aromatic N) is 2. The van der Waals surface area contributed by atoms with Gasteiger partial charge in [-0.15, -0.1) is 0 Å². The zero-order valence-corrected chi connectivity index (χ0v) is 19.7. The van der Waals surface area contributed by atoms with Crippen LogP contribution in [0, 0.1) is 0 Å². The van der Waals surface area contributed by atoms with Gasteiger partial charge in [0.1, 0.15) is 17.6 Å². The molecule has 0 aliphatic carbocycles. The third kappa shape index (κ3) is 4.28. The maximum atomic E-state index is 13.1. The molecule has 2 unspecified atom stereocenters. The summed E-state index contributed by atoms with van der Waals surface area (Å²) in [6, 6.07) is 11.0. The van der Waals surface area contributed by atoms with E-state index in [1.165, 1.54) is 12.0 Å². The first kappa shape index (κ1) is 23.5. The Morgan fingerprint density at radius 2 is 1.82 bits per heavy atom. The number of likely N-dealkylation sites (N-methyl/N-ethyl adjacent to an activating group) is 1. The molecule has 2 aromatic carbocycles. The van der Waals surface area contributed by atoms with Crippen LogP contribution in [0.1, 0.15) is 40.0 Å². The van der Waals surface area contributed by atoms with Gasteiger partial charge >= 0.3 is 5.97 Å². The van der Waals surface area contributed by atoms with Crippen LogP contribution in [0.4, 0.5) is 0 Å². The van der Waals surface area contributed by atoms with Gasteiger partial charge in [-0.2, -0.15) is 0 Å². The lowest BCUT2D eigenvalue weighted by Crippen LogP contribution is -2.35. The third-order valence-corrected chi connectivity index (χ3v) is 6.15. The number of carbonyl (C=O) groups is 3. The minimum Gasteiger partial charge on any atom is -0.507 e. The first-order chi connectivity index (χ1) is 16.2. The molecule has 2 atom stereocenters. The third-order valence-electron chi connectivity index (χ3n) is 6.15. The number of amides is 1. The predicted molar refractivity (Wildman–Crippen MR) is 126 cm³/mol. The molecule has 2 aliphatic rings. The molecular formula is C26H28N2O6. The standard InChI is InChI=1S/C26H28N2O6/c1-15-13-19-14-18(9-10-20(19)34-15)23(29)21-22(16-5-7-17(8-6-16)26(32)33-4)28(12-11-27(2)3)25(31)24(21)30/h5-10,14-15,22,29H,11-13H2,1-4H3/b23-21-. The SMILES string of the molecule is COC(=O)c1ccc(C2/C(=C(/O)c3ccc4c(c3)CC(C)O4)C(=O)C(=O)N2CCN(C)C)cc1. The second-order valence-electron chi connectivity index (χ2n) is 8.86. The normalized spacial score (nSPS) is 21.0. The van der Waals surface area contributed by atoms with Crippen molar-refractivity contribution in [2.24, 2.45) is 0 Å². The number of ether oxygens (including phenoxy) is 2. The van der Waals surface area contributed by atoms with Gasteiger partial charge < -0.3 is 24.4 Å². The number of rotatable bonds is 6. The summed E-state index contributed by atoms with van der Waals surface area (Å²) in [6.45, 7) is 2.80. The number of benzene rings is 2. The van der Waals surface area contributed by atoms with Gasteiger partial charge in [-0.25, -0.2) is 4.79 Å². The number of esters is 1. The van der Waals surface area contributed by atoms with E-state index in [0.717, 1.165) is 11.3 Å². The van der Waals surface area contributed by atoms with Crippen LogP contribution < -0.4 is 4.74 Å². The lowest BCUT2D eigenvalue weighted by atomic mass is 9.94. The summed E-state index contributed by atoms with van der Waals surface area (Å²) in [5.41, 5.74) is 2.40. The fourth-order valence-corrected chi connectivity index (χ4v) is 4.41. The largest absolute Gasteiger partial charge is 0.507 e. The van der Waals surface area contributed by atoms with E-state index in [9.17, 15) is 19.5 Å². The molecule has 8 heteroatoms. The molecule has 0 bridgehead atoms. The van der Waals surface area contributed by atoms with E-state index < -0.39 is 23.7 Å². The fraction of sp³-hybridized carbons (Fsp3) is 0.346. The number of likely N-dealkylation sites (tertiary alicyclic amines) is 1. The van der Waals surface area contributed by atoms with Crippen LogP contribution in [0.15, 0.2) is 48.0 Å². The molecule has 8 nitrogen and oxygen atoms in total. The van der Waals surface area contributed by atoms with Crippen LogP contribution in [0.5, 0.6) is 5.75 Å². The van der Waals surface area contributed by atoms with Crippen molar-refractivity contribution in [1.29, 1.82) is 0 Å². The molecule has 0 aromatic heterocycles. The first-order valence-electron chi connectivity index (χ1n) is 11.1. The predicted octanol–water partition coefficient (Wildman–Crippen LogP) is 2.78. The number of hydrogen-bond donors (Lipinski definition) is 1. The average molecular weight is 465 g/mol. The molecule has 34 heavy (non-hydrogen) atoms. The van der Waals surface area contributed by atoms with E-state index in [1.807, 2.05) is 25.9 Å². The van der Waals surface area contributed by atoms with Crippen LogP contribution in [-0.4, -0.2) is 73.0 Å². The number of fused-ring (bicyclic) bond motifs is 1. The zero-order chi connectivity index (χ0) is 24.6. The maximum absolute atomic E-state index is 13.1. The van der Waals surface area contributed by atoms with Gasteiger partial charge in [0.05, 0.1) is 24.3 Å². The molecule has 0 radical (unpaired) electrons. The van der Waals surface area contributed by atoms with Gasteiger partial charge in [0, 0.05) is 25.1 Å². The fourth-order valence-electron chi connectivity index (χ4n) is 4.41. The van der Waals surface area contributed by atoms with Gasteiger partial charge in [0.2, 0.25) is 0 Å². The monoisotopic (exact) mass is 464 g/mol. The Hall–Kier alpha value is -3.65. The minimum atomic E-state index is -0.782. The highest BCUT2D eigenvalue weighted by Crippen LogP contribution is 2.40. The molecule has 2 aliphatic heterocycles. The lowest BCUT2D eigenvalue weighted by Gasteiger charge is -2.26. The van der Waals surface area contributed by atoms with Crippen molar-refractivity contribution >= 4 is 23.4 Å². The number of ketones is 1. The molecule has 2 heterocycles. The number of carbonyl (C=O) groups excluding carboxylic acids is 3. The molecule has 0 spiro atoms. The Kier molecular flexibility index (Phi) is 6.43. The molecule has 1 saturated heterocycles. The van der Waals surface area contributed by atoms with Gasteiger partial charge in [0.15, 0.2) is 0 Å². The van der Waals surface area contributed by atoms with Crippen molar-refractivity contribution in [2.45, 2.75) is 25.5 Å². The molecular weight excluding hydrogens is 436 g/mol. The second kappa shape index (κ2) is 9.30. The van der Waals surface area contributed by atoms with Gasteiger partial charge in [0.25, 0.3) is 11.7 Å². The average Bonchev–Trinajstić information content (AvgIpc) is 3.32. The highest BCUT2D eigenvalue weighted by molar-refractivity contribution is 6.46.